The van der Waals surface area contributed by atoms with E-state index in [1.807, 2.05) is 0 Å². The van der Waals surface area contributed by atoms with Gasteiger partial charge < -0.3 is 4.74 Å². The number of rotatable bonds is 33. The minimum absolute atomic E-state index is 0.0121. The number of unbranched alkanes of at least 4 members (excludes halogenated alkanes) is 22. The summed E-state index contributed by atoms with van der Waals surface area (Å²) in [7, 11) is 0. The minimum atomic E-state index is 0.0121. The lowest BCUT2D eigenvalue weighted by Gasteiger charge is -2.18. The molecule has 0 amide bonds. The molecule has 0 rings (SSSR count). The van der Waals surface area contributed by atoms with E-state index in [1.54, 1.807) is 0 Å². The molecular formula is C37H72O3. The van der Waals surface area contributed by atoms with E-state index in [9.17, 15) is 9.59 Å². The van der Waals surface area contributed by atoms with Gasteiger partial charge in [-0.05, 0) is 44.9 Å². The summed E-state index contributed by atoms with van der Waals surface area (Å²) in [4.78, 5) is 24.7. The van der Waals surface area contributed by atoms with E-state index >= 15 is 0 Å². The molecule has 0 aromatic carbocycles. The van der Waals surface area contributed by atoms with Crippen LogP contribution in [0.4, 0.5) is 0 Å². The number of ether oxygens (including phenoxy) is 1. The van der Waals surface area contributed by atoms with Gasteiger partial charge in [0.1, 0.15) is 11.9 Å². The molecule has 0 N–H and O–H groups in total. The number of Topliss-reactive ketones (excluding diaryl/α,β-unsaturated/α-hetero) is 1. The van der Waals surface area contributed by atoms with Crippen LogP contribution in [-0.4, -0.2) is 17.9 Å². The highest BCUT2D eigenvalue weighted by molar-refractivity contribution is 5.78. The zero-order chi connectivity index (χ0) is 29.4. The first-order valence-electron chi connectivity index (χ1n) is 18.3. The minimum Gasteiger partial charge on any atom is -0.462 e. The Labute approximate surface area is 251 Å². The topological polar surface area (TPSA) is 43.4 Å². The number of esters is 1. The number of carbonyl (C=O) groups excluding carboxylic acids is 2. The normalized spacial score (nSPS) is 11.4. The third-order valence-electron chi connectivity index (χ3n) is 8.45. The Hall–Kier alpha value is -0.860. The zero-order valence-electron chi connectivity index (χ0n) is 27.7. The van der Waals surface area contributed by atoms with Crippen LogP contribution in [0.3, 0.4) is 0 Å². The molecule has 0 aromatic heterocycles. The summed E-state index contributed by atoms with van der Waals surface area (Å²) in [5.41, 5.74) is 0. The SMILES string of the molecule is CCCCCCCCCCCC(=O)CCCCCCCC(=O)OC(CCCCCCCC)CCCCCCCC. The van der Waals surface area contributed by atoms with Crippen LogP contribution in [0.2, 0.25) is 0 Å². The Balaban J connectivity index is 3.83. The molecular weight excluding hydrogens is 492 g/mol. The van der Waals surface area contributed by atoms with Crippen molar-refractivity contribution in [1.29, 1.82) is 0 Å². The molecule has 0 aliphatic rings. The Morgan fingerprint density at radius 1 is 0.400 bits per heavy atom. The van der Waals surface area contributed by atoms with Crippen LogP contribution in [0.1, 0.15) is 220 Å². The van der Waals surface area contributed by atoms with Gasteiger partial charge in [-0.1, -0.05) is 156 Å². The van der Waals surface area contributed by atoms with Gasteiger partial charge >= 0.3 is 5.97 Å². The maximum Gasteiger partial charge on any atom is 0.306 e. The van der Waals surface area contributed by atoms with E-state index in [0.717, 1.165) is 64.2 Å². The lowest BCUT2D eigenvalue weighted by Crippen LogP contribution is -2.18. The number of hydrogen-bond donors (Lipinski definition) is 0. The van der Waals surface area contributed by atoms with Crippen molar-refractivity contribution in [3.63, 3.8) is 0 Å². The lowest BCUT2D eigenvalue weighted by atomic mass is 10.0. The van der Waals surface area contributed by atoms with Gasteiger partial charge in [-0.15, -0.1) is 0 Å². The van der Waals surface area contributed by atoms with Gasteiger partial charge in [-0.25, -0.2) is 0 Å². The Kier molecular flexibility index (Phi) is 31.9. The Morgan fingerprint density at radius 3 is 1.07 bits per heavy atom. The molecule has 0 radical (unpaired) electrons. The maximum atomic E-state index is 12.5. The molecule has 0 saturated heterocycles. The molecule has 0 bridgehead atoms. The second-order valence-electron chi connectivity index (χ2n) is 12.6. The smallest absolute Gasteiger partial charge is 0.306 e. The molecule has 0 unspecified atom stereocenters. The summed E-state index contributed by atoms with van der Waals surface area (Å²) in [6.07, 6.45) is 36.8. The van der Waals surface area contributed by atoms with Crippen molar-refractivity contribution in [2.24, 2.45) is 0 Å². The second-order valence-corrected chi connectivity index (χ2v) is 12.6. The van der Waals surface area contributed by atoms with Gasteiger partial charge in [0.15, 0.2) is 0 Å². The van der Waals surface area contributed by atoms with Crippen LogP contribution in [-0.2, 0) is 14.3 Å². The summed E-state index contributed by atoms with van der Waals surface area (Å²) in [6, 6.07) is 0. The van der Waals surface area contributed by atoms with Gasteiger partial charge in [0.2, 0.25) is 0 Å². The molecule has 0 atom stereocenters. The summed E-state index contributed by atoms with van der Waals surface area (Å²) in [6.45, 7) is 6.79. The highest BCUT2D eigenvalue weighted by Gasteiger charge is 2.14. The van der Waals surface area contributed by atoms with Crippen LogP contribution < -0.4 is 0 Å². The van der Waals surface area contributed by atoms with Crippen LogP contribution in [0.25, 0.3) is 0 Å². The average molecular weight is 565 g/mol. The van der Waals surface area contributed by atoms with Crippen LogP contribution in [0.15, 0.2) is 0 Å². The number of hydrogen-bond acceptors (Lipinski definition) is 3. The van der Waals surface area contributed by atoms with E-state index in [1.165, 1.54) is 128 Å². The van der Waals surface area contributed by atoms with E-state index in [-0.39, 0.29) is 12.1 Å². The Bertz CT molecular complexity index is 514. The largest absolute Gasteiger partial charge is 0.462 e. The molecule has 0 aliphatic carbocycles. The van der Waals surface area contributed by atoms with E-state index < -0.39 is 0 Å². The van der Waals surface area contributed by atoms with Crippen LogP contribution in [0, 0.1) is 0 Å². The Morgan fingerprint density at radius 2 is 0.700 bits per heavy atom. The van der Waals surface area contributed by atoms with E-state index in [0.29, 0.717) is 12.2 Å². The highest BCUT2D eigenvalue weighted by Crippen LogP contribution is 2.18. The average Bonchev–Trinajstić information content (AvgIpc) is 2.95. The monoisotopic (exact) mass is 565 g/mol. The summed E-state index contributed by atoms with van der Waals surface area (Å²) < 4.78 is 5.97. The summed E-state index contributed by atoms with van der Waals surface area (Å²) in [5.74, 6) is 0.464. The standard InChI is InChI=1S/C37H72O3/c1-4-7-10-13-16-17-18-20-25-30-35(38)31-26-21-19-24-29-34-37(39)40-36(32-27-22-14-11-8-5-2)33-28-23-15-12-9-6-3/h36H,4-34H2,1-3H3. The third-order valence-corrected chi connectivity index (χ3v) is 8.45. The summed E-state index contributed by atoms with van der Waals surface area (Å²) in [5, 5.41) is 0. The van der Waals surface area contributed by atoms with Crippen molar-refractivity contribution in [3.8, 4) is 0 Å². The molecule has 0 aliphatic heterocycles. The fourth-order valence-corrected chi connectivity index (χ4v) is 5.69. The van der Waals surface area contributed by atoms with Crippen molar-refractivity contribution in [2.75, 3.05) is 0 Å². The van der Waals surface area contributed by atoms with Gasteiger partial charge in [-0.3, -0.25) is 9.59 Å². The molecule has 3 heteroatoms. The fourth-order valence-electron chi connectivity index (χ4n) is 5.69. The molecule has 0 aromatic rings. The first-order chi connectivity index (χ1) is 19.6. The fraction of sp³-hybridized carbons (Fsp3) is 0.946. The molecule has 40 heavy (non-hydrogen) atoms. The van der Waals surface area contributed by atoms with Crippen molar-refractivity contribution < 1.29 is 14.3 Å². The third kappa shape index (κ3) is 30.1. The quantitative estimate of drug-likeness (QED) is 0.0588. The summed E-state index contributed by atoms with van der Waals surface area (Å²) >= 11 is 0. The highest BCUT2D eigenvalue weighted by atomic mass is 16.5. The molecule has 0 heterocycles. The lowest BCUT2D eigenvalue weighted by molar-refractivity contribution is -0.150. The molecule has 3 nitrogen and oxygen atoms in total. The van der Waals surface area contributed by atoms with Gasteiger partial charge in [0.25, 0.3) is 0 Å². The molecule has 0 saturated carbocycles. The predicted molar refractivity (Wildman–Crippen MR) is 175 cm³/mol. The van der Waals surface area contributed by atoms with Crippen molar-refractivity contribution in [2.45, 2.75) is 226 Å². The molecule has 0 spiro atoms. The van der Waals surface area contributed by atoms with Crippen molar-refractivity contribution in [1.82, 2.24) is 0 Å². The zero-order valence-corrected chi connectivity index (χ0v) is 27.7. The molecule has 0 fully saturated rings. The van der Waals surface area contributed by atoms with E-state index in [4.69, 9.17) is 4.74 Å². The molecule has 238 valence electrons. The predicted octanol–water partition coefficient (Wildman–Crippen LogP) is 12.6. The maximum absolute atomic E-state index is 12.5. The van der Waals surface area contributed by atoms with Gasteiger partial charge in [0, 0.05) is 19.3 Å². The van der Waals surface area contributed by atoms with Crippen LogP contribution >= 0.6 is 0 Å². The van der Waals surface area contributed by atoms with Crippen molar-refractivity contribution >= 4 is 11.8 Å². The number of ketones is 1. The van der Waals surface area contributed by atoms with Gasteiger partial charge in [0.05, 0.1) is 0 Å². The number of carbonyl (C=O) groups is 2. The van der Waals surface area contributed by atoms with Gasteiger partial charge in [-0.2, -0.15) is 0 Å². The second kappa shape index (κ2) is 32.7. The van der Waals surface area contributed by atoms with Crippen LogP contribution in [0.5, 0.6) is 0 Å². The first-order valence-corrected chi connectivity index (χ1v) is 18.3. The first kappa shape index (κ1) is 39.1. The van der Waals surface area contributed by atoms with E-state index in [2.05, 4.69) is 20.8 Å². The van der Waals surface area contributed by atoms with Crippen molar-refractivity contribution in [3.05, 3.63) is 0 Å².